The van der Waals surface area contributed by atoms with Crippen LogP contribution in [0.15, 0.2) is 24.3 Å². The van der Waals surface area contributed by atoms with Gasteiger partial charge < -0.3 is 5.32 Å². The van der Waals surface area contributed by atoms with Gasteiger partial charge in [0.2, 0.25) is 5.91 Å². The quantitative estimate of drug-likeness (QED) is 0.609. The van der Waals surface area contributed by atoms with Crippen molar-refractivity contribution in [2.75, 3.05) is 5.75 Å². The highest BCUT2D eigenvalue weighted by atomic mass is 32.2. The summed E-state index contributed by atoms with van der Waals surface area (Å²) in [5, 5.41) is 13.1. The maximum Gasteiger partial charge on any atom is 0.269 e. The third-order valence-electron chi connectivity index (χ3n) is 2.06. The van der Waals surface area contributed by atoms with E-state index in [4.69, 9.17) is 0 Å². The topological polar surface area (TPSA) is 72.2 Å². The first-order valence-corrected chi connectivity index (χ1v) is 5.37. The smallest absolute Gasteiger partial charge is 0.269 e. The SMILES string of the molecule is O=C1CSC(c2cccc([N+](=O)[O-])c2)N1. The van der Waals surface area contributed by atoms with E-state index in [1.807, 2.05) is 0 Å². The lowest BCUT2D eigenvalue weighted by atomic mass is 10.2. The molecule has 15 heavy (non-hydrogen) atoms. The van der Waals surface area contributed by atoms with Gasteiger partial charge in [-0.2, -0.15) is 0 Å². The number of amides is 1. The largest absolute Gasteiger partial charge is 0.339 e. The predicted molar refractivity (Wildman–Crippen MR) is 56.4 cm³/mol. The number of non-ortho nitro benzene ring substituents is 1. The zero-order chi connectivity index (χ0) is 10.8. The number of hydrogen-bond donors (Lipinski definition) is 1. The van der Waals surface area contributed by atoms with Crippen LogP contribution in [0.25, 0.3) is 0 Å². The maximum atomic E-state index is 11.0. The van der Waals surface area contributed by atoms with Gasteiger partial charge in [0.15, 0.2) is 0 Å². The van der Waals surface area contributed by atoms with Crippen LogP contribution in [-0.4, -0.2) is 16.6 Å². The van der Waals surface area contributed by atoms with Crippen molar-refractivity contribution in [3.05, 3.63) is 39.9 Å². The molecular weight excluding hydrogens is 216 g/mol. The molecule has 1 atom stereocenters. The van der Waals surface area contributed by atoms with Crippen LogP contribution in [0.2, 0.25) is 0 Å². The Hall–Kier alpha value is -1.56. The van der Waals surface area contributed by atoms with Crippen LogP contribution in [0.3, 0.4) is 0 Å². The zero-order valence-corrected chi connectivity index (χ0v) is 8.49. The Morgan fingerprint density at radius 1 is 1.53 bits per heavy atom. The Labute approximate surface area is 90.0 Å². The molecule has 0 aliphatic carbocycles. The molecule has 78 valence electrons. The van der Waals surface area contributed by atoms with Crippen LogP contribution >= 0.6 is 11.8 Å². The van der Waals surface area contributed by atoms with Crippen LogP contribution in [0.4, 0.5) is 5.69 Å². The molecule has 1 fully saturated rings. The summed E-state index contributed by atoms with van der Waals surface area (Å²) in [4.78, 5) is 21.1. The van der Waals surface area contributed by atoms with Crippen molar-refractivity contribution >= 4 is 23.4 Å². The molecule has 2 rings (SSSR count). The number of carbonyl (C=O) groups excluding carboxylic acids is 1. The molecule has 1 unspecified atom stereocenters. The van der Waals surface area contributed by atoms with Gasteiger partial charge in [-0.15, -0.1) is 11.8 Å². The van der Waals surface area contributed by atoms with E-state index < -0.39 is 4.92 Å². The summed E-state index contributed by atoms with van der Waals surface area (Å²) in [7, 11) is 0. The van der Waals surface area contributed by atoms with Crippen molar-refractivity contribution in [3.63, 3.8) is 0 Å². The van der Waals surface area contributed by atoms with E-state index in [1.54, 1.807) is 12.1 Å². The molecule has 1 aromatic carbocycles. The first-order chi connectivity index (χ1) is 7.16. The van der Waals surface area contributed by atoms with Crippen molar-refractivity contribution in [3.8, 4) is 0 Å². The third kappa shape index (κ3) is 2.10. The van der Waals surface area contributed by atoms with Crippen LogP contribution in [0, 0.1) is 10.1 Å². The van der Waals surface area contributed by atoms with Crippen LogP contribution < -0.4 is 5.32 Å². The van der Waals surface area contributed by atoms with Crippen molar-refractivity contribution in [2.45, 2.75) is 5.37 Å². The lowest BCUT2D eigenvalue weighted by Crippen LogP contribution is -2.18. The fourth-order valence-corrected chi connectivity index (χ4v) is 2.32. The first-order valence-electron chi connectivity index (χ1n) is 4.32. The predicted octanol–water partition coefficient (Wildman–Crippen LogP) is 1.46. The number of hydrogen-bond acceptors (Lipinski definition) is 4. The maximum absolute atomic E-state index is 11.0. The zero-order valence-electron chi connectivity index (χ0n) is 7.67. The minimum atomic E-state index is -0.440. The van der Waals surface area contributed by atoms with Gasteiger partial charge in [-0.3, -0.25) is 14.9 Å². The Morgan fingerprint density at radius 2 is 2.33 bits per heavy atom. The molecule has 1 aliphatic rings. The number of carbonyl (C=O) groups is 1. The van der Waals surface area contributed by atoms with E-state index in [2.05, 4.69) is 5.32 Å². The second-order valence-electron chi connectivity index (χ2n) is 3.11. The average molecular weight is 224 g/mol. The molecular formula is C9H8N2O3S. The van der Waals surface area contributed by atoms with Gasteiger partial charge in [0.05, 0.1) is 10.7 Å². The normalized spacial score (nSPS) is 20.0. The summed E-state index contributed by atoms with van der Waals surface area (Å²) in [6, 6.07) is 6.32. The molecule has 0 aromatic heterocycles. The summed E-state index contributed by atoms with van der Waals surface area (Å²) in [6.45, 7) is 0. The Balaban J connectivity index is 2.25. The molecule has 1 heterocycles. The second kappa shape index (κ2) is 3.90. The Bertz CT molecular complexity index is 422. The van der Waals surface area contributed by atoms with Gasteiger partial charge in [0.1, 0.15) is 5.37 Å². The highest BCUT2D eigenvalue weighted by Crippen LogP contribution is 2.31. The lowest BCUT2D eigenvalue weighted by Gasteiger charge is -2.08. The molecule has 5 nitrogen and oxygen atoms in total. The number of nitrogens with one attached hydrogen (secondary N) is 1. The summed E-state index contributed by atoms with van der Waals surface area (Å²) < 4.78 is 0. The molecule has 1 amide bonds. The summed E-state index contributed by atoms with van der Waals surface area (Å²) in [5.41, 5.74) is 0.814. The van der Waals surface area contributed by atoms with E-state index in [9.17, 15) is 14.9 Å². The number of nitro benzene ring substituents is 1. The van der Waals surface area contributed by atoms with E-state index in [-0.39, 0.29) is 17.0 Å². The Kier molecular flexibility index (Phi) is 2.59. The molecule has 0 saturated carbocycles. The standard InChI is InChI=1S/C9H8N2O3S/c12-8-5-15-9(10-8)6-2-1-3-7(4-6)11(13)14/h1-4,9H,5H2,(H,10,12). The van der Waals surface area contributed by atoms with E-state index in [0.717, 1.165) is 5.56 Å². The number of nitrogens with zero attached hydrogens (tertiary/aromatic N) is 1. The van der Waals surface area contributed by atoms with Gasteiger partial charge in [-0.1, -0.05) is 12.1 Å². The Morgan fingerprint density at radius 3 is 2.93 bits per heavy atom. The van der Waals surface area contributed by atoms with Crippen LogP contribution in [-0.2, 0) is 4.79 Å². The van der Waals surface area contributed by atoms with Crippen molar-refractivity contribution < 1.29 is 9.72 Å². The number of benzene rings is 1. The molecule has 1 aliphatic heterocycles. The van der Waals surface area contributed by atoms with Gasteiger partial charge in [0, 0.05) is 12.1 Å². The first kappa shape index (κ1) is 9.97. The van der Waals surface area contributed by atoms with Crippen molar-refractivity contribution in [1.82, 2.24) is 5.32 Å². The van der Waals surface area contributed by atoms with Gasteiger partial charge in [0.25, 0.3) is 5.69 Å². The molecule has 0 spiro atoms. The molecule has 1 N–H and O–H groups in total. The van der Waals surface area contributed by atoms with E-state index in [0.29, 0.717) is 5.75 Å². The fraction of sp³-hybridized carbons (Fsp3) is 0.222. The fourth-order valence-electron chi connectivity index (χ4n) is 1.37. The highest BCUT2D eigenvalue weighted by molar-refractivity contribution is 8.00. The minimum absolute atomic E-state index is 0.0310. The van der Waals surface area contributed by atoms with Gasteiger partial charge in [-0.05, 0) is 5.56 Å². The van der Waals surface area contributed by atoms with Crippen LogP contribution in [0.5, 0.6) is 0 Å². The summed E-state index contributed by atoms with van der Waals surface area (Å²) >= 11 is 1.44. The summed E-state index contributed by atoms with van der Waals surface area (Å²) in [5.74, 6) is 0.379. The molecule has 6 heteroatoms. The van der Waals surface area contributed by atoms with Crippen LogP contribution in [0.1, 0.15) is 10.9 Å². The monoisotopic (exact) mass is 224 g/mol. The third-order valence-corrected chi connectivity index (χ3v) is 3.21. The number of rotatable bonds is 2. The summed E-state index contributed by atoms with van der Waals surface area (Å²) in [6.07, 6.45) is 0. The van der Waals surface area contributed by atoms with E-state index >= 15 is 0 Å². The number of nitro groups is 1. The molecule has 1 aromatic rings. The van der Waals surface area contributed by atoms with Gasteiger partial charge >= 0.3 is 0 Å². The molecule has 1 saturated heterocycles. The minimum Gasteiger partial charge on any atom is -0.339 e. The molecule has 0 radical (unpaired) electrons. The highest BCUT2D eigenvalue weighted by Gasteiger charge is 2.23. The average Bonchev–Trinajstić information content (AvgIpc) is 2.65. The second-order valence-corrected chi connectivity index (χ2v) is 4.20. The molecule has 0 bridgehead atoms. The lowest BCUT2D eigenvalue weighted by molar-refractivity contribution is -0.384. The van der Waals surface area contributed by atoms with Gasteiger partial charge in [-0.25, -0.2) is 0 Å². The van der Waals surface area contributed by atoms with Crippen molar-refractivity contribution in [1.29, 1.82) is 0 Å². The van der Waals surface area contributed by atoms with E-state index in [1.165, 1.54) is 23.9 Å². The van der Waals surface area contributed by atoms with Crippen molar-refractivity contribution in [2.24, 2.45) is 0 Å². The number of thioether (sulfide) groups is 1.